The molecule has 0 radical (unpaired) electrons. The van der Waals surface area contributed by atoms with Crippen molar-refractivity contribution in [2.45, 2.75) is 117 Å². The van der Waals surface area contributed by atoms with Gasteiger partial charge >= 0.3 is 0 Å². The van der Waals surface area contributed by atoms with Crippen LogP contribution in [0.4, 0.5) is 0 Å². The fraction of sp³-hybridized carbons (Fsp3) is 0.900. The van der Waals surface area contributed by atoms with Gasteiger partial charge in [0, 0.05) is 5.41 Å². The molecule has 4 fully saturated rings. The van der Waals surface area contributed by atoms with Gasteiger partial charge in [-0.05, 0) is 98.4 Å². The highest BCUT2D eigenvalue weighted by Gasteiger charge is 2.71. The van der Waals surface area contributed by atoms with Gasteiger partial charge in [0.25, 0.3) is 5.97 Å². The molecule has 0 aromatic rings. The zero-order chi connectivity index (χ0) is 24.1. The third kappa shape index (κ3) is 3.90. The molecule has 0 heterocycles. The topological polar surface area (TPSA) is 60.7 Å². The lowest BCUT2D eigenvalue weighted by Crippen LogP contribution is -2.68. The molecule has 0 aromatic heterocycles. The molecule has 1 unspecified atom stereocenters. The summed E-state index contributed by atoms with van der Waals surface area (Å²) in [6.07, 6.45) is 16.4. The molecule has 4 aliphatic carbocycles. The zero-order valence-electron chi connectivity index (χ0n) is 21.8. The summed E-state index contributed by atoms with van der Waals surface area (Å²) in [5.41, 5.74) is 2.07. The quantitative estimate of drug-likeness (QED) is 0.290. The van der Waals surface area contributed by atoms with Crippen LogP contribution in [0.25, 0.3) is 0 Å². The number of hydrogen-bond donors (Lipinski definition) is 3. The van der Waals surface area contributed by atoms with E-state index in [4.69, 9.17) is 0 Å². The summed E-state index contributed by atoms with van der Waals surface area (Å²) in [5, 5.41) is 33.0. The standard InChI is InChI=1S/C30H50O3/c1-6-16-28-17-7-8-18-29(28,30(31,32)33)26-15-19-27(5)24(22(4)11-9-10-21(2)3)12-13-25(27)23(26)14-20-28/h16,21-26,31-33H,1,7-15,17-20H2,2-5H3/t22-,23+,24-,25+,26+,27-,28?,29+/m1/s1. The van der Waals surface area contributed by atoms with Crippen LogP contribution in [-0.2, 0) is 0 Å². The summed E-state index contributed by atoms with van der Waals surface area (Å²) in [6.45, 7) is 13.6. The van der Waals surface area contributed by atoms with Gasteiger partial charge in [-0.2, -0.15) is 0 Å². The van der Waals surface area contributed by atoms with Crippen LogP contribution in [0, 0.1) is 51.8 Å². The van der Waals surface area contributed by atoms with E-state index in [0.717, 1.165) is 62.7 Å². The minimum Gasteiger partial charge on any atom is -0.343 e. The van der Waals surface area contributed by atoms with E-state index < -0.39 is 16.8 Å². The van der Waals surface area contributed by atoms with Crippen LogP contribution in [0.2, 0.25) is 0 Å². The maximum Gasteiger partial charge on any atom is 0.282 e. The monoisotopic (exact) mass is 458 g/mol. The van der Waals surface area contributed by atoms with Gasteiger partial charge in [0.2, 0.25) is 0 Å². The van der Waals surface area contributed by atoms with Gasteiger partial charge in [0.05, 0.1) is 5.41 Å². The first kappa shape index (κ1) is 25.5. The molecule has 4 saturated carbocycles. The van der Waals surface area contributed by atoms with E-state index in [1.165, 1.54) is 32.1 Å². The highest BCUT2D eigenvalue weighted by atomic mass is 16.7. The van der Waals surface area contributed by atoms with E-state index in [-0.39, 0.29) is 5.92 Å². The molecule has 0 bridgehead atoms. The summed E-state index contributed by atoms with van der Waals surface area (Å²) < 4.78 is 0. The fourth-order valence-corrected chi connectivity index (χ4v) is 10.2. The largest absolute Gasteiger partial charge is 0.343 e. The molecule has 4 aliphatic rings. The van der Waals surface area contributed by atoms with Gasteiger partial charge in [-0.1, -0.05) is 66.4 Å². The Bertz CT molecular complexity index is 746. The van der Waals surface area contributed by atoms with Crippen molar-refractivity contribution in [3.63, 3.8) is 0 Å². The van der Waals surface area contributed by atoms with Crippen molar-refractivity contribution < 1.29 is 15.3 Å². The van der Waals surface area contributed by atoms with Crippen LogP contribution < -0.4 is 0 Å². The average molecular weight is 459 g/mol. The summed E-state index contributed by atoms with van der Waals surface area (Å²) in [7, 11) is 0. The van der Waals surface area contributed by atoms with Crippen molar-refractivity contribution in [2.75, 3.05) is 0 Å². The summed E-state index contributed by atoms with van der Waals surface area (Å²) in [4.78, 5) is 0. The summed E-state index contributed by atoms with van der Waals surface area (Å²) in [5.74, 6) is 0.948. The predicted molar refractivity (Wildman–Crippen MR) is 134 cm³/mol. The molecule has 0 aliphatic heterocycles. The maximum absolute atomic E-state index is 11.0. The number of hydrogen-bond acceptors (Lipinski definition) is 3. The number of aliphatic hydroxyl groups is 3. The van der Waals surface area contributed by atoms with Crippen LogP contribution in [0.5, 0.6) is 0 Å². The van der Waals surface area contributed by atoms with Crippen molar-refractivity contribution in [2.24, 2.45) is 51.8 Å². The molecule has 0 spiro atoms. The Labute approximate surface area is 202 Å². The van der Waals surface area contributed by atoms with Crippen LogP contribution >= 0.6 is 0 Å². The first-order chi connectivity index (χ1) is 15.5. The third-order valence-corrected chi connectivity index (χ3v) is 11.5. The van der Waals surface area contributed by atoms with E-state index in [1.807, 2.05) is 6.08 Å². The van der Waals surface area contributed by atoms with Crippen molar-refractivity contribution in [3.8, 4) is 0 Å². The first-order valence-corrected chi connectivity index (χ1v) is 14.1. The maximum atomic E-state index is 11.0. The second-order valence-electron chi connectivity index (χ2n) is 13.3. The minimum absolute atomic E-state index is 0.157. The van der Waals surface area contributed by atoms with Crippen molar-refractivity contribution in [1.29, 1.82) is 0 Å². The average Bonchev–Trinajstić information content (AvgIpc) is 3.09. The Morgan fingerprint density at radius 1 is 0.939 bits per heavy atom. The van der Waals surface area contributed by atoms with Crippen molar-refractivity contribution in [1.82, 2.24) is 0 Å². The Balaban J connectivity index is 1.63. The summed E-state index contributed by atoms with van der Waals surface area (Å²) >= 11 is 0. The molecule has 188 valence electrons. The Morgan fingerprint density at radius 2 is 1.67 bits per heavy atom. The highest BCUT2D eigenvalue weighted by Crippen LogP contribution is 2.73. The molecule has 3 N–H and O–H groups in total. The minimum atomic E-state index is -2.65. The molecule has 3 nitrogen and oxygen atoms in total. The van der Waals surface area contributed by atoms with Gasteiger partial charge in [0.15, 0.2) is 0 Å². The third-order valence-electron chi connectivity index (χ3n) is 11.5. The first-order valence-electron chi connectivity index (χ1n) is 14.1. The van der Waals surface area contributed by atoms with E-state index >= 15 is 0 Å². The van der Waals surface area contributed by atoms with Gasteiger partial charge in [-0.15, -0.1) is 5.73 Å². The number of fused-ring (bicyclic) bond motifs is 5. The van der Waals surface area contributed by atoms with Gasteiger partial charge < -0.3 is 15.3 Å². The molecular weight excluding hydrogens is 408 g/mol. The molecule has 33 heavy (non-hydrogen) atoms. The number of allylic oxidation sites excluding steroid dienone is 1. The Morgan fingerprint density at radius 3 is 2.33 bits per heavy atom. The van der Waals surface area contributed by atoms with Crippen molar-refractivity contribution >= 4 is 0 Å². The molecule has 0 aromatic carbocycles. The van der Waals surface area contributed by atoms with E-state index in [2.05, 4.69) is 40.0 Å². The second kappa shape index (κ2) is 9.12. The molecular formula is C30H50O3. The molecule has 8 atom stereocenters. The lowest BCUT2D eigenvalue weighted by atomic mass is 9.38. The molecule has 0 saturated heterocycles. The smallest absolute Gasteiger partial charge is 0.282 e. The van der Waals surface area contributed by atoms with E-state index in [1.54, 1.807) is 0 Å². The van der Waals surface area contributed by atoms with Gasteiger partial charge in [0.1, 0.15) is 0 Å². The SMILES string of the molecule is C=C=CC12CCCC[C@]1(C(O)(O)O)[C@H]1CC[C@]3(C)[C@@H]([C@H](C)CCCC(C)C)CC[C@H]3[C@@H]1CC2. The van der Waals surface area contributed by atoms with Gasteiger partial charge in [-0.3, -0.25) is 0 Å². The van der Waals surface area contributed by atoms with Crippen LogP contribution in [0.3, 0.4) is 0 Å². The van der Waals surface area contributed by atoms with E-state index in [9.17, 15) is 15.3 Å². The Hall–Kier alpha value is -0.600. The van der Waals surface area contributed by atoms with E-state index in [0.29, 0.717) is 23.7 Å². The van der Waals surface area contributed by atoms with Crippen LogP contribution in [0.1, 0.15) is 111 Å². The normalized spacial score (nSPS) is 43.9. The van der Waals surface area contributed by atoms with Crippen LogP contribution in [0.15, 0.2) is 18.4 Å². The highest BCUT2D eigenvalue weighted by molar-refractivity contribution is 5.20. The van der Waals surface area contributed by atoms with Gasteiger partial charge in [-0.25, -0.2) is 0 Å². The predicted octanol–water partition coefficient (Wildman–Crippen LogP) is 6.82. The zero-order valence-corrected chi connectivity index (χ0v) is 21.8. The lowest BCUT2D eigenvalue weighted by molar-refractivity contribution is -0.424. The second-order valence-corrected chi connectivity index (χ2v) is 13.3. The molecule has 3 heteroatoms. The molecule has 4 rings (SSSR count). The molecule has 0 amide bonds. The number of rotatable bonds is 7. The lowest BCUT2D eigenvalue weighted by Gasteiger charge is -2.67. The van der Waals surface area contributed by atoms with Crippen molar-refractivity contribution in [3.05, 3.63) is 18.4 Å². The fourth-order valence-electron chi connectivity index (χ4n) is 10.2. The summed E-state index contributed by atoms with van der Waals surface area (Å²) in [6, 6.07) is 0. The Kier molecular flexibility index (Phi) is 7.05. The van der Waals surface area contributed by atoms with Crippen LogP contribution in [-0.4, -0.2) is 21.3 Å².